The number of aryl methyl sites for hydroxylation is 1. The van der Waals surface area contributed by atoms with Crippen LogP contribution >= 0.6 is 0 Å². The molecule has 5 heteroatoms. The summed E-state index contributed by atoms with van der Waals surface area (Å²) in [5.41, 5.74) is 3.85. The number of carbonyl (C=O) groups excluding carboxylic acids is 1. The van der Waals surface area contributed by atoms with E-state index in [9.17, 15) is 4.79 Å². The zero-order chi connectivity index (χ0) is 14.1. The van der Waals surface area contributed by atoms with Gasteiger partial charge in [0.05, 0.1) is 11.6 Å². The number of aromatic nitrogens is 2. The Bertz CT molecular complexity index is 724. The van der Waals surface area contributed by atoms with Crippen LogP contribution in [0.15, 0.2) is 24.3 Å². The van der Waals surface area contributed by atoms with E-state index in [0.29, 0.717) is 16.9 Å². The molecule has 5 nitrogen and oxygen atoms in total. The van der Waals surface area contributed by atoms with Crippen molar-refractivity contribution in [3.8, 4) is 6.07 Å². The molecule has 1 amide bonds. The number of rotatable bonds is 2. The van der Waals surface area contributed by atoms with E-state index in [4.69, 9.17) is 5.26 Å². The minimum Gasteiger partial charge on any atom is -0.321 e. The zero-order valence-corrected chi connectivity index (χ0v) is 11.2. The quantitative estimate of drug-likeness (QED) is 0.904. The third-order valence-electron chi connectivity index (χ3n) is 3.58. The van der Waals surface area contributed by atoms with Gasteiger partial charge in [-0.05, 0) is 37.5 Å². The number of nitrogens with zero attached hydrogens (tertiary/aromatic N) is 3. The first-order valence-electron chi connectivity index (χ1n) is 6.55. The number of fused-ring (bicyclic) bond motifs is 1. The van der Waals surface area contributed by atoms with E-state index >= 15 is 0 Å². The molecule has 0 atom stereocenters. The summed E-state index contributed by atoms with van der Waals surface area (Å²) < 4.78 is 1.79. The van der Waals surface area contributed by atoms with Crippen molar-refractivity contribution in [2.45, 2.75) is 19.3 Å². The van der Waals surface area contributed by atoms with E-state index in [1.807, 2.05) is 7.05 Å². The van der Waals surface area contributed by atoms with Crippen LogP contribution in [0.3, 0.4) is 0 Å². The van der Waals surface area contributed by atoms with Crippen molar-refractivity contribution < 1.29 is 4.79 Å². The molecule has 1 N–H and O–H groups in total. The predicted octanol–water partition coefficient (Wildman–Crippen LogP) is 2.03. The first-order chi connectivity index (χ1) is 9.69. The van der Waals surface area contributed by atoms with Gasteiger partial charge in [0.15, 0.2) is 5.69 Å². The maximum absolute atomic E-state index is 12.3. The summed E-state index contributed by atoms with van der Waals surface area (Å²) in [4.78, 5) is 12.3. The molecule has 1 heterocycles. The van der Waals surface area contributed by atoms with Crippen LogP contribution in [0.4, 0.5) is 5.69 Å². The van der Waals surface area contributed by atoms with Crippen LogP contribution in [0.1, 0.15) is 33.7 Å². The standard InChI is InChI=1S/C15H14N4O/c1-19-13-7-3-6-12(13)14(18-19)15(20)17-11-5-2-4-10(8-11)9-16/h2,4-5,8H,3,6-7H2,1H3,(H,17,20). The van der Waals surface area contributed by atoms with Gasteiger partial charge in [0.2, 0.25) is 0 Å². The minimum absolute atomic E-state index is 0.209. The van der Waals surface area contributed by atoms with Crippen LogP contribution in [0.5, 0.6) is 0 Å². The molecule has 0 spiro atoms. The molecule has 0 saturated heterocycles. The van der Waals surface area contributed by atoms with Crippen molar-refractivity contribution in [3.05, 3.63) is 46.8 Å². The number of hydrogen-bond acceptors (Lipinski definition) is 3. The van der Waals surface area contributed by atoms with Gasteiger partial charge in [0, 0.05) is 24.0 Å². The lowest BCUT2D eigenvalue weighted by molar-refractivity contribution is 0.102. The Labute approximate surface area is 116 Å². The second-order valence-electron chi connectivity index (χ2n) is 4.90. The number of anilines is 1. The van der Waals surface area contributed by atoms with Gasteiger partial charge in [-0.2, -0.15) is 10.4 Å². The highest BCUT2D eigenvalue weighted by Gasteiger charge is 2.25. The van der Waals surface area contributed by atoms with Gasteiger partial charge in [0.25, 0.3) is 5.91 Å². The van der Waals surface area contributed by atoms with Crippen LogP contribution in [-0.4, -0.2) is 15.7 Å². The number of nitrogens with one attached hydrogen (secondary N) is 1. The fraction of sp³-hybridized carbons (Fsp3) is 0.267. The Hall–Kier alpha value is -2.61. The maximum atomic E-state index is 12.3. The van der Waals surface area contributed by atoms with Gasteiger partial charge in [0.1, 0.15) is 0 Å². The molecular formula is C15H14N4O. The summed E-state index contributed by atoms with van der Waals surface area (Å²) in [7, 11) is 1.87. The van der Waals surface area contributed by atoms with E-state index in [0.717, 1.165) is 30.5 Å². The highest BCUT2D eigenvalue weighted by Crippen LogP contribution is 2.25. The summed E-state index contributed by atoms with van der Waals surface area (Å²) in [6.45, 7) is 0. The normalized spacial score (nSPS) is 12.8. The average molecular weight is 266 g/mol. The van der Waals surface area contributed by atoms with E-state index in [1.54, 1.807) is 28.9 Å². The zero-order valence-electron chi connectivity index (χ0n) is 11.2. The van der Waals surface area contributed by atoms with Gasteiger partial charge in [-0.15, -0.1) is 0 Å². The van der Waals surface area contributed by atoms with Crippen molar-refractivity contribution in [2.75, 3.05) is 5.32 Å². The molecule has 20 heavy (non-hydrogen) atoms. The molecule has 1 aromatic carbocycles. The summed E-state index contributed by atoms with van der Waals surface area (Å²) in [5.74, 6) is -0.209. The minimum atomic E-state index is -0.209. The average Bonchev–Trinajstić information content (AvgIpc) is 3.03. The largest absolute Gasteiger partial charge is 0.321 e. The monoisotopic (exact) mass is 266 g/mol. The Morgan fingerprint density at radius 1 is 1.45 bits per heavy atom. The molecule has 0 aliphatic heterocycles. The van der Waals surface area contributed by atoms with Gasteiger partial charge in [-0.25, -0.2) is 0 Å². The number of amides is 1. The van der Waals surface area contributed by atoms with Crippen molar-refractivity contribution in [1.29, 1.82) is 5.26 Å². The van der Waals surface area contributed by atoms with E-state index in [2.05, 4.69) is 16.5 Å². The summed E-state index contributed by atoms with van der Waals surface area (Å²) in [6, 6.07) is 8.92. The molecule has 0 bridgehead atoms. The van der Waals surface area contributed by atoms with Crippen molar-refractivity contribution in [2.24, 2.45) is 7.05 Å². The lowest BCUT2D eigenvalue weighted by Crippen LogP contribution is -2.14. The molecule has 2 aromatic rings. The van der Waals surface area contributed by atoms with Gasteiger partial charge in [-0.3, -0.25) is 9.48 Å². The fourth-order valence-electron chi connectivity index (χ4n) is 2.65. The molecule has 0 radical (unpaired) electrons. The molecule has 0 saturated carbocycles. The summed E-state index contributed by atoms with van der Waals surface area (Å²) in [5, 5.41) is 16.0. The number of benzene rings is 1. The first-order valence-corrected chi connectivity index (χ1v) is 6.55. The summed E-state index contributed by atoms with van der Waals surface area (Å²) in [6.07, 6.45) is 2.96. The maximum Gasteiger partial charge on any atom is 0.276 e. The van der Waals surface area contributed by atoms with Crippen LogP contribution in [0, 0.1) is 11.3 Å². The Kier molecular flexibility index (Phi) is 2.99. The molecule has 0 fully saturated rings. The topological polar surface area (TPSA) is 70.7 Å². The highest BCUT2D eigenvalue weighted by atomic mass is 16.2. The third kappa shape index (κ3) is 2.05. The molecule has 1 aliphatic rings. The highest BCUT2D eigenvalue weighted by molar-refractivity contribution is 6.04. The molecule has 3 rings (SSSR count). The van der Waals surface area contributed by atoms with Gasteiger partial charge < -0.3 is 5.32 Å². The van der Waals surface area contributed by atoms with E-state index in [-0.39, 0.29) is 5.91 Å². The number of hydrogen-bond donors (Lipinski definition) is 1. The van der Waals surface area contributed by atoms with Crippen molar-refractivity contribution >= 4 is 11.6 Å². The molecule has 100 valence electrons. The second kappa shape index (κ2) is 4.82. The first kappa shape index (κ1) is 12.4. The fourth-order valence-corrected chi connectivity index (χ4v) is 2.65. The lowest BCUT2D eigenvalue weighted by atomic mass is 10.2. The Morgan fingerprint density at radius 2 is 2.30 bits per heavy atom. The number of nitriles is 1. The molecule has 1 aliphatic carbocycles. The SMILES string of the molecule is Cn1nc(C(=O)Nc2cccc(C#N)c2)c2c1CCC2. The molecule has 1 aromatic heterocycles. The van der Waals surface area contributed by atoms with Crippen LogP contribution in [0.25, 0.3) is 0 Å². The van der Waals surface area contributed by atoms with Crippen molar-refractivity contribution in [1.82, 2.24) is 9.78 Å². The second-order valence-corrected chi connectivity index (χ2v) is 4.90. The van der Waals surface area contributed by atoms with Crippen LogP contribution in [0.2, 0.25) is 0 Å². The molecular weight excluding hydrogens is 252 g/mol. The van der Waals surface area contributed by atoms with Gasteiger partial charge >= 0.3 is 0 Å². The number of carbonyl (C=O) groups is 1. The van der Waals surface area contributed by atoms with Crippen molar-refractivity contribution in [3.63, 3.8) is 0 Å². The van der Waals surface area contributed by atoms with E-state index in [1.165, 1.54) is 0 Å². The third-order valence-corrected chi connectivity index (χ3v) is 3.58. The van der Waals surface area contributed by atoms with Crippen LogP contribution in [-0.2, 0) is 19.9 Å². The smallest absolute Gasteiger partial charge is 0.276 e. The lowest BCUT2D eigenvalue weighted by Gasteiger charge is -2.04. The Morgan fingerprint density at radius 3 is 3.10 bits per heavy atom. The van der Waals surface area contributed by atoms with E-state index < -0.39 is 0 Å². The Balaban J connectivity index is 1.87. The van der Waals surface area contributed by atoms with Crippen LogP contribution < -0.4 is 5.32 Å². The summed E-state index contributed by atoms with van der Waals surface area (Å²) >= 11 is 0. The van der Waals surface area contributed by atoms with Gasteiger partial charge in [-0.1, -0.05) is 6.07 Å². The molecule has 0 unspecified atom stereocenters. The predicted molar refractivity (Wildman–Crippen MR) is 74.3 cm³/mol.